The molecular formula is C28H46N2O4. The summed E-state index contributed by atoms with van der Waals surface area (Å²) in [6, 6.07) is 0.0894. The summed E-state index contributed by atoms with van der Waals surface area (Å²) in [4.78, 5) is 39.1. The van der Waals surface area contributed by atoms with Gasteiger partial charge in [0, 0.05) is 30.8 Å². The van der Waals surface area contributed by atoms with Gasteiger partial charge in [0.05, 0.1) is 6.04 Å². The molecule has 192 valence electrons. The molecule has 4 aliphatic carbocycles. The second kappa shape index (κ2) is 12.6. The van der Waals surface area contributed by atoms with Gasteiger partial charge in [-0.3, -0.25) is 14.4 Å². The lowest BCUT2D eigenvalue weighted by atomic mass is 9.80. The monoisotopic (exact) mass is 474 g/mol. The van der Waals surface area contributed by atoms with Crippen LogP contribution >= 0.6 is 0 Å². The van der Waals surface area contributed by atoms with E-state index in [2.05, 4.69) is 10.6 Å². The van der Waals surface area contributed by atoms with E-state index in [0.717, 1.165) is 64.2 Å². The second-order valence-electron chi connectivity index (χ2n) is 11.6. The van der Waals surface area contributed by atoms with Gasteiger partial charge in [-0.1, -0.05) is 51.4 Å². The van der Waals surface area contributed by atoms with E-state index < -0.39 is 12.1 Å². The van der Waals surface area contributed by atoms with Crippen LogP contribution in [0.3, 0.4) is 0 Å². The van der Waals surface area contributed by atoms with Gasteiger partial charge in [-0.15, -0.1) is 0 Å². The lowest BCUT2D eigenvalue weighted by Crippen LogP contribution is -2.52. The molecule has 3 unspecified atom stereocenters. The zero-order chi connectivity index (χ0) is 23.9. The Balaban J connectivity index is 1.29. The number of carbonyl (C=O) groups is 3. The third kappa shape index (κ3) is 7.13. The average Bonchev–Trinajstić information content (AvgIpc) is 3.47. The zero-order valence-corrected chi connectivity index (χ0v) is 21.2. The third-order valence-corrected chi connectivity index (χ3v) is 8.90. The van der Waals surface area contributed by atoms with E-state index in [4.69, 9.17) is 4.74 Å². The molecule has 6 heteroatoms. The first-order chi connectivity index (χ1) is 16.5. The van der Waals surface area contributed by atoms with Crippen molar-refractivity contribution in [3.8, 4) is 0 Å². The molecule has 0 saturated heterocycles. The summed E-state index contributed by atoms with van der Waals surface area (Å²) in [5, 5.41) is 7.08. The third-order valence-electron chi connectivity index (χ3n) is 8.90. The molecule has 0 aromatic rings. The van der Waals surface area contributed by atoms with Gasteiger partial charge >= 0.3 is 5.97 Å². The van der Waals surface area contributed by atoms with E-state index in [1.807, 2.05) is 6.92 Å². The van der Waals surface area contributed by atoms with Gasteiger partial charge in [0.15, 0.2) is 5.78 Å². The molecule has 0 spiro atoms. The van der Waals surface area contributed by atoms with Crippen molar-refractivity contribution in [3.63, 3.8) is 0 Å². The van der Waals surface area contributed by atoms with Crippen LogP contribution in [-0.4, -0.2) is 47.8 Å². The minimum absolute atomic E-state index is 0.0974. The first-order valence-corrected chi connectivity index (χ1v) is 14.3. The minimum atomic E-state index is -0.482. The van der Waals surface area contributed by atoms with Gasteiger partial charge in [0.1, 0.15) is 17.9 Å². The molecule has 34 heavy (non-hydrogen) atoms. The summed E-state index contributed by atoms with van der Waals surface area (Å²) in [7, 11) is 0. The van der Waals surface area contributed by atoms with E-state index in [0.29, 0.717) is 30.8 Å². The Kier molecular flexibility index (Phi) is 9.58. The smallest absolute Gasteiger partial charge is 0.306 e. The van der Waals surface area contributed by atoms with E-state index in [9.17, 15) is 14.4 Å². The maximum absolute atomic E-state index is 13.3. The van der Waals surface area contributed by atoms with E-state index in [1.165, 1.54) is 25.7 Å². The fraction of sp³-hybridized carbons (Fsp3) is 0.893. The van der Waals surface area contributed by atoms with Gasteiger partial charge < -0.3 is 15.4 Å². The number of rotatable bonds is 14. The summed E-state index contributed by atoms with van der Waals surface area (Å²) < 4.78 is 5.83. The maximum atomic E-state index is 13.3. The molecule has 4 saturated carbocycles. The van der Waals surface area contributed by atoms with E-state index in [-0.39, 0.29) is 35.9 Å². The topological polar surface area (TPSA) is 84.5 Å². The normalized spacial score (nSPS) is 24.9. The summed E-state index contributed by atoms with van der Waals surface area (Å²) in [5.74, 6) is 0.829. The number of hydrogen-bond acceptors (Lipinski definition) is 6. The predicted octanol–water partition coefficient (Wildman–Crippen LogP) is 4.63. The highest BCUT2D eigenvalue weighted by Crippen LogP contribution is 2.31. The Morgan fingerprint density at radius 3 is 1.97 bits per heavy atom. The first-order valence-electron chi connectivity index (χ1n) is 14.3. The molecule has 0 radical (unpaired) electrons. The number of ether oxygens (including phenoxy) is 1. The lowest BCUT2D eigenvalue weighted by Gasteiger charge is -2.33. The standard InChI is InChI=1S/C28H46N2O4/c1-19(27(30-23-12-4-5-13-23)28(33)21-10-2-3-11-21)34-26(32)17-16-24(29-22-14-7-15-22)25(31)18-20-8-6-9-20/h19-24,27,29-30H,2-18H2,1H3. The van der Waals surface area contributed by atoms with Crippen LogP contribution in [-0.2, 0) is 19.1 Å². The molecule has 2 N–H and O–H groups in total. The number of esters is 1. The lowest BCUT2D eigenvalue weighted by molar-refractivity contribution is -0.151. The van der Waals surface area contributed by atoms with Gasteiger partial charge in [0.25, 0.3) is 0 Å². The summed E-state index contributed by atoms with van der Waals surface area (Å²) in [6.45, 7) is 1.86. The average molecular weight is 475 g/mol. The van der Waals surface area contributed by atoms with Crippen molar-refractivity contribution >= 4 is 17.5 Å². The molecule has 0 heterocycles. The summed E-state index contributed by atoms with van der Waals surface area (Å²) in [6.07, 6.45) is 16.6. The number of ketones is 2. The van der Waals surface area contributed by atoms with Crippen LogP contribution in [0.25, 0.3) is 0 Å². The maximum Gasteiger partial charge on any atom is 0.306 e. The van der Waals surface area contributed by atoms with Crippen LogP contribution in [0.5, 0.6) is 0 Å². The fourth-order valence-corrected chi connectivity index (χ4v) is 6.18. The quantitative estimate of drug-likeness (QED) is 0.357. The molecule has 3 atom stereocenters. The number of nitrogens with one attached hydrogen (secondary N) is 2. The Bertz CT molecular complexity index is 691. The van der Waals surface area contributed by atoms with E-state index in [1.54, 1.807) is 0 Å². The van der Waals surface area contributed by atoms with Crippen LogP contribution in [0, 0.1) is 11.8 Å². The number of hydrogen-bond donors (Lipinski definition) is 2. The Morgan fingerprint density at radius 2 is 1.38 bits per heavy atom. The molecule has 0 aromatic carbocycles. The summed E-state index contributed by atoms with van der Waals surface area (Å²) >= 11 is 0. The largest absolute Gasteiger partial charge is 0.461 e. The molecule has 4 aliphatic rings. The Labute approximate surface area is 205 Å². The number of carbonyl (C=O) groups excluding carboxylic acids is 3. The first kappa shape index (κ1) is 25.8. The molecule has 6 nitrogen and oxygen atoms in total. The van der Waals surface area contributed by atoms with Crippen LogP contribution in [0.4, 0.5) is 0 Å². The highest BCUT2D eigenvalue weighted by Gasteiger charge is 2.36. The van der Waals surface area contributed by atoms with Crippen molar-refractivity contribution in [2.45, 2.75) is 146 Å². The SMILES string of the molecule is CC(OC(=O)CCC(NC1CCC1)C(=O)CC1CCC1)C(NC1CCCC1)C(=O)C1CCCC1. The van der Waals surface area contributed by atoms with Crippen LogP contribution in [0.2, 0.25) is 0 Å². The Hall–Kier alpha value is -1.27. The van der Waals surface area contributed by atoms with Crippen molar-refractivity contribution in [1.82, 2.24) is 10.6 Å². The molecule has 0 amide bonds. The molecule has 0 aliphatic heterocycles. The van der Waals surface area contributed by atoms with Gasteiger partial charge in [-0.25, -0.2) is 0 Å². The molecule has 4 rings (SSSR count). The highest BCUT2D eigenvalue weighted by molar-refractivity contribution is 5.87. The van der Waals surface area contributed by atoms with Gasteiger partial charge in [0.2, 0.25) is 0 Å². The van der Waals surface area contributed by atoms with Crippen molar-refractivity contribution in [2.75, 3.05) is 0 Å². The minimum Gasteiger partial charge on any atom is -0.461 e. The van der Waals surface area contributed by atoms with Crippen molar-refractivity contribution in [3.05, 3.63) is 0 Å². The molecule has 0 aromatic heterocycles. The van der Waals surface area contributed by atoms with E-state index >= 15 is 0 Å². The Morgan fingerprint density at radius 1 is 0.794 bits per heavy atom. The predicted molar refractivity (Wildman–Crippen MR) is 132 cm³/mol. The van der Waals surface area contributed by atoms with Crippen LogP contribution < -0.4 is 10.6 Å². The molecular weight excluding hydrogens is 428 g/mol. The van der Waals surface area contributed by atoms with Crippen molar-refractivity contribution < 1.29 is 19.1 Å². The molecule has 0 bridgehead atoms. The second-order valence-corrected chi connectivity index (χ2v) is 11.6. The number of Topliss-reactive ketones (excluding diaryl/α,β-unsaturated/α-hetero) is 2. The molecule has 4 fully saturated rings. The highest BCUT2D eigenvalue weighted by atomic mass is 16.5. The summed E-state index contributed by atoms with van der Waals surface area (Å²) in [5.41, 5.74) is 0. The van der Waals surface area contributed by atoms with Crippen molar-refractivity contribution in [1.29, 1.82) is 0 Å². The van der Waals surface area contributed by atoms with Crippen LogP contribution in [0.1, 0.15) is 116 Å². The van der Waals surface area contributed by atoms with Crippen molar-refractivity contribution in [2.24, 2.45) is 11.8 Å². The fourth-order valence-electron chi connectivity index (χ4n) is 6.18. The van der Waals surface area contributed by atoms with Gasteiger partial charge in [-0.05, 0) is 57.8 Å². The van der Waals surface area contributed by atoms with Crippen LogP contribution in [0.15, 0.2) is 0 Å². The zero-order valence-electron chi connectivity index (χ0n) is 21.2. The van der Waals surface area contributed by atoms with Gasteiger partial charge in [-0.2, -0.15) is 0 Å².